The van der Waals surface area contributed by atoms with E-state index >= 15 is 0 Å². The third-order valence-corrected chi connectivity index (χ3v) is 4.33. The van der Waals surface area contributed by atoms with Crippen molar-refractivity contribution in [3.05, 3.63) is 40.9 Å². The molecule has 0 aliphatic carbocycles. The number of nitrogens with one attached hydrogen (secondary N) is 1. The highest BCUT2D eigenvalue weighted by Crippen LogP contribution is 2.24. The SMILES string of the molecule is Cc1ccc(-c2nc(CNC(CC(C)C)C(=O)O)cs2)cc1. The number of rotatable bonds is 7. The molecule has 5 heteroatoms. The van der Waals surface area contributed by atoms with Crippen molar-refractivity contribution in [1.29, 1.82) is 0 Å². The van der Waals surface area contributed by atoms with Gasteiger partial charge in [-0.2, -0.15) is 0 Å². The fourth-order valence-corrected chi connectivity index (χ4v) is 3.01. The minimum Gasteiger partial charge on any atom is -0.480 e. The molecule has 0 radical (unpaired) electrons. The van der Waals surface area contributed by atoms with Gasteiger partial charge in [0.1, 0.15) is 11.0 Å². The van der Waals surface area contributed by atoms with Crippen LogP contribution >= 0.6 is 11.3 Å². The molecule has 22 heavy (non-hydrogen) atoms. The smallest absolute Gasteiger partial charge is 0.320 e. The fourth-order valence-electron chi connectivity index (χ4n) is 2.19. The third kappa shape index (κ3) is 4.64. The number of carbonyl (C=O) groups is 1. The summed E-state index contributed by atoms with van der Waals surface area (Å²) in [5, 5.41) is 15.3. The molecule has 0 saturated carbocycles. The monoisotopic (exact) mass is 318 g/mol. The Morgan fingerprint density at radius 3 is 2.59 bits per heavy atom. The summed E-state index contributed by atoms with van der Waals surface area (Å²) in [4.78, 5) is 15.8. The van der Waals surface area contributed by atoms with Crippen LogP contribution in [-0.4, -0.2) is 22.1 Å². The Morgan fingerprint density at radius 2 is 2.00 bits per heavy atom. The molecule has 4 nitrogen and oxygen atoms in total. The third-order valence-electron chi connectivity index (χ3n) is 3.39. The normalized spacial score (nSPS) is 12.5. The van der Waals surface area contributed by atoms with Crippen LogP contribution in [0.3, 0.4) is 0 Å². The number of aryl methyl sites for hydroxylation is 1. The number of thiazole rings is 1. The highest BCUT2D eigenvalue weighted by Gasteiger charge is 2.18. The predicted octanol–water partition coefficient (Wildman–Crippen LogP) is 3.71. The molecular weight excluding hydrogens is 296 g/mol. The number of aliphatic carboxylic acids is 1. The molecule has 1 aromatic heterocycles. The summed E-state index contributed by atoms with van der Waals surface area (Å²) in [6, 6.07) is 7.73. The molecule has 0 saturated heterocycles. The number of carboxylic acids is 1. The zero-order valence-corrected chi connectivity index (χ0v) is 14.0. The van der Waals surface area contributed by atoms with Gasteiger partial charge < -0.3 is 5.11 Å². The number of aromatic nitrogens is 1. The Morgan fingerprint density at radius 1 is 1.32 bits per heavy atom. The maximum atomic E-state index is 11.2. The fraction of sp³-hybridized carbons (Fsp3) is 0.412. The minimum absolute atomic E-state index is 0.340. The van der Waals surface area contributed by atoms with Gasteiger partial charge in [0.25, 0.3) is 0 Å². The molecule has 118 valence electrons. The molecule has 1 atom stereocenters. The Balaban J connectivity index is 1.99. The van der Waals surface area contributed by atoms with Crippen LogP contribution in [0.5, 0.6) is 0 Å². The molecule has 0 aliphatic heterocycles. The van der Waals surface area contributed by atoms with Crippen molar-refractivity contribution in [3.8, 4) is 10.6 Å². The van der Waals surface area contributed by atoms with Crippen molar-refractivity contribution >= 4 is 17.3 Å². The first-order valence-electron chi connectivity index (χ1n) is 7.43. The zero-order chi connectivity index (χ0) is 16.1. The van der Waals surface area contributed by atoms with Gasteiger partial charge in [0.05, 0.1) is 5.69 Å². The Hall–Kier alpha value is -1.72. The largest absolute Gasteiger partial charge is 0.480 e. The van der Waals surface area contributed by atoms with Gasteiger partial charge in [0.15, 0.2) is 0 Å². The molecule has 2 N–H and O–H groups in total. The second-order valence-corrected chi connectivity index (χ2v) is 6.77. The molecule has 0 spiro atoms. The highest BCUT2D eigenvalue weighted by atomic mass is 32.1. The Labute approximate surface area is 135 Å². The Kier molecular flexibility index (Phi) is 5.69. The molecule has 0 aliphatic rings. The second kappa shape index (κ2) is 7.51. The van der Waals surface area contributed by atoms with E-state index in [-0.39, 0.29) is 0 Å². The number of hydrogen-bond donors (Lipinski definition) is 2. The highest BCUT2D eigenvalue weighted by molar-refractivity contribution is 7.13. The summed E-state index contributed by atoms with van der Waals surface area (Å²) in [5.41, 5.74) is 3.20. The summed E-state index contributed by atoms with van der Waals surface area (Å²) in [6.45, 7) is 6.58. The molecule has 0 amide bonds. The maximum Gasteiger partial charge on any atom is 0.320 e. The number of carboxylic acid groups (broad SMARTS) is 1. The van der Waals surface area contributed by atoms with Crippen LogP contribution in [0.15, 0.2) is 29.6 Å². The van der Waals surface area contributed by atoms with Crippen molar-refractivity contribution in [2.45, 2.75) is 39.8 Å². The van der Waals surface area contributed by atoms with Gasteiger partial charge in [-0.05, 0) is 19.3 Å². The van der Waals surface area contributed by atoms with Crippen molar-refractivity contribution in [3.63, 3.8) is 0 Å². The van der Waals surface area contributed by atoms with Crippen molar-refractivity contribution in [1.82, 2.24) is 10.3 Å². The first-order chi connectivity index (χ1) is 10.5. The number of nitrogens with zero attached hydrogens (tertiary/aromatic N) is 1. The maximum absolute atomic E-state index is 11.2. The lowest BCUT2D eigenvalue weighted by atomic mass is 10.0. The summed E-state index contributed by atoms with van der Waals surface area (Å²) in [5.74, 6) is -0.463. The first kappa shape index (κ1) is 16.6. The molecule has 2 rings (SSSR count). The topological polar surface area (TPSA) is 62.2 Å². The van der Waals surface area contributed by atoms with Crippen LogP contribution in [0.1, 0.15) is 31.5 Å². The van der Waals surface area contributed by atoms with Gasteiger partial charge in [-0.3, -0.25) is 10.1 Å². The van der Waals surface area contributed by atoms with E-state index < -0.39 is 12.0 Å². The molecular formula is C17H22N2O2S. The van der Waals surface area contributed by atoms with Gasteiger partial charge >= 0.3 is 5.97 Å². The predicted molar refractivity (Wildman–Crippen MR) is 90.0 cm³/mol. The Bertz CT molecular complexity index is 620. The number of benzene rings is 1. The number of hydrogen-bond acceptors (Lipinski definition) is 4. The molecule has 0 bridgehead atoms. The quantitative estimate of drug-likeness (QED) is 0.817. The molecule has 0 fully saturated rings. The van der Waals surface area contributed by atoms with Crippen LogP contribution < -0.4 is 5.32 Å². The van der Waals surface area contributed by atoms with Gasteiger partial charge in [-0.25, -0.2) is 4.98 Å². The van der Waals surface area contributed by atoms with Crippen LogP contribution in [0.25, 0.3) is 10.6 Å². The van der Waals surface area contributed by atoms with Crippen molar-refractivity contribution in [2.75, 3.05) is 0 Å². The van der Waals surface area contributed by atoms with E-state index in [0.717, 1.165) is 16.3 Å². The van der Waals surface area contributed by atoms with Crippen molar-refractivity contribution < 1.29 is 9.90 Å². The van der Waals surface area contributed by atoms with Gasteiger partial charge in [-0.15, -0.1) is 11.3 Å². The lowest BCUT2D eigenvalue weighted by Gasteiger charge is -2.15. The summed E-state index contributed by atoms with van der Waals surface area (Å²) < 4.78 is 0. The summed E-state index contributed by atoms with van der Waals surface area (Å²) in [6.07, 6.45) is 0.615. The summed E-state index contributed by atoms with van der Waals surface area (Å²) >= 11 is 1.58. The van der Waals surface area contributed by atoms with Crippen molar-refractivity contribution in [2.24, 2.45) is 5.92 Å². The van der Waals surface area contributed by atoms with E-state index in [2.05, 4.69) is 41.5 Å². The van der Waals surface area contributed by atoms with E-state index in [1.54, 1.807) is 11.3 Å². The van der Waals surface area contributed by atoms with Gasteiger partial charge in [0, 0.05) is 17.5 Å². The average Bonchev–Trinajstić information content (AvgIpc) is 2.92. The van der Waals surface area contributed by atoms with Gasteiger partial charge in [0.2, 0.25) is 0 Å². The first-order valence-corrected chi connectivity index (χ1v) is 8.31. The van der Waals surface area contributed by atoms with Crippen LogP contribution in [0, 0.1) is 12.8 Å². The zero-order valence-electron chi connectivity index (χ0n) is 13.2. The summed E-state index contributed by atoms with van der Waals surface area (Å²) in [7, 11) is 0. The molecule has 1 unspecified atom stereocenters. The van der Waals surface area contributed by atoms with Gasteiger partial charge in [-0.1, -0.05) is 43.7 Å². The van der Waals surface area contributed by atoms with E-state index in [1.807, 2.05) is 19.2 Å². The standard InChI is InChI=1S/C17H22N2O2S/c1-11(2)8-15(17(20)21)18-9-14-10-22-16(19-14)13-6-4-12(3)5-7-13/h4-7,10-11,15,18H,8-9H2,1-3H3,(H,20,21). The van der Waals surface area contributed by atoms with E-state index in [0.29, 0.717) is 18.9 Å². The van der Waals surface area contributed by atoms with E-state index in [1.165, 1.54) is 5.56 Å². The van der Waals surface area contributed by atoms with Crippen LogP contribution in [-0.2, 0) is 11.3 Å². The average molecular weight is 318 g/mol. The lowest BCUT2D eigenvalue weighted by Crippen LogP contribution is -2.37. The van der Waals surface area contributed by atoms with Crippen LogP contribution in [0.4, 0.5) is 0 Å². The van der Waals surface area contributed by atoms with Crippen LogP contribution in [0.2, 0.25) is 0 Å². The second-order valence-electron chi connectivity index (χ2n) is 5.91. The minimum atomic E-state index is -0.803. The lowest BCUT2D eigenvalue weighted by molar-refractivity contribution is -0.140. The molecule has 1 aromatic carbocycles. The van der Waals surface area contributed by atoms with E-state index in [4.69, 9.17) is 0 Å². The molecule has 2 aromatic rings. The molecule has 1 heterocycles. The van der Waals surface area contributed by atoms with E-state index in [9.17, 15) is 9.90 Å².